The summed E-state index contributed by atoms with van der Waals surface area (Å²) in [6.45, 7) is 3.69. The van der Waals surface area contributed by atoms with Gasteiger partial charge in [-0.05, 0) is 55.6 Å². The first-order valence-electron chi connectivity index (χ1n) is 9.23. The van der Waals surface area contributed by atoms with Gasteiger partial charge in [0.1, 0.15) is 0 Å². The van der Waals surface area contributed by atoms with Crippen LogP contribution >= 0.6 is 0 Å². The van der Waals surface area contributed by atoms with E-state index in [1.54, 1.807) is 35.6 Å². The van der Waals surface area contributed by atoms with Gasteiger partial charge < -0.3 is 0 Å². The maximum Gasteiger partial charge on any atom is 0.253 e. The number of piperidine rings is 1. The molecular weight excluding hydrogens is 340 g/mol. The molecule has 0 atom stereocenters. The molecule has 27 heavy (non-hydrogen) atoms. The van der Waals surface area contributed by atoms with Gasteiger partial charge in [0, 0.05) is 43.3 Å². The fourth-order valence-corrected chi connectivity index (χ4v) is 3.51. The van der Waals surface area contributed by atoms with Crippen molar-refractivity contribution in [1.82, 2.24) is 29.6 Å². The Morgan fingerprint density at radius 1 is 1.07 bits per heavy atom. The second-order valence-corrected chi connectivity index (χ2v) is 6.98. The summed E-state index contributed by atoms with van der Waals surface area (Å²) in [5, 5.41) is 7.75. The Morgan fingerprint density at radius 3 is 2.67 bits per heavy atom. The Kier molecular flexibility index (Phi) is 5.29. The summed E-state index contributed by atoms with van der Waals surface area (Å²) in [6.07, 6.45) is 10.8. The van der Waals surface area contributed by atoms with Crippen LogP contribution in [0.3, 0.4) is 0 Å². The van der Waals surface area contributed by atoms with Crippen LogP contribution in [0.25, 0.3) is 11.3 Å². The molecule has 0 amide bonds. The highest BCUT2D eigenvalue weighted by Gasteiger charge is 2.20. The van der Waals surface area contributed by atoms with Crippen molar-refractivity contribution in [2.45, 2.75) is 25.9 Å². The lowest BCUT2D eigenvalue weighted by atomic mass is 9.96. The third-order valence-corrected chi connectivity index (χ3v) is 5.05. The van der Waals surface area contributed by atoms with Crippen molar-refractivity contribution in [2.75, 3.05) is 13.1 Å². The third kappa shape index (κ3) is 4.43. The van der Waals surface area contributed by atoms with Gasteiger partial charge in [-0.1, -0.05) is 0 Å². The number of aromatic nitrogens is 5. The zero-order valence-electron chi connectivity index (χ0n) is 15.1. The first kappa shape index (κ1) is 17.5. The molecule has 138 valence electrons. The van der Waals surface area contributed by atoms with Crippen molar-refractivity contribution in [1.29, 1.82) is 0 Å². The van der Waals surface area contributed by atoms with Gasteiger partial charge in [-0.15, -0.1) is 0 Å². The van der Waals surface area contributed by atoms with Crippen molar-refractivity contribution >= 4 is 0 Å². The van der Waals surface area contributed by atoms with Crippen LogP contribution in [0.1, 0.15) is 18.4 Å². The van der Waals surface area contributed by atoms with Crippen LogP contribution in [0.4, 0.5) is 0 Å². The van der Waals surface area contributed by atoms with Crippen LogP contribution in [0.2, 0.25) is 0 Å². The summed E-state index contributed by atoms with van der Waals surface area (Å²) in [7, 11) is 0. The van der Waals surface area contributed by atoms with Crippen molar-refractivity contribution in [2.24, 2.45) is 5.92 Å². The van der Waals surface area contributed by atoms with E-state index >= 15 is 0 Å². The average molecular weight is 362 g/mol. The number of rotatable bonds is 5. The van der Waals surface area contributed by atoms with Gasteiger partial charge in [0.15, 0.2) is 0 Å². The zero-order chi connectivity index (χ0) is 18.5. The van der Waals surface area contributed by atoms with Gasteiger partial charge in [0.25, 0.3) is 5.56 Å². The van der Waals surface area contributed by atoms with E-state index in [2.05, 4.69) is 25.1 Å². The molecule has 0 N–H and O–H groups in total. The van der Waals surface area contributed by atoms with Crippen LogP contribution in [0.5, 0.6) is 0 Å². The van der Waals surface area contributed by atoms with E-state index in [1.165, 1.54) is 5.56 Å². The van der Waals surface area contributed by atoms with Crippen molar-refractivity contribution in [3.63, 3.8) is 0 Å². The fraction of sp³-hybridized carbons (Fsp3) is 0.350. The number of hydrogen-bond acceptors (Lipinski definition) is 6. The topological polar surface area (TPSA) is 76.8 Å². The molecule has 1 aliphatic heterocycles. The van der Waals surface area contributed by atoms with Crippen molar-refractivity contribution < 1.29 is 0 Å². The smallest absolute Gasteiger partial charge is 0.253 e. The van der Waals surface area contributed by atoms with Gasteiger partial charge in [0.2, 0.25) is 0 Å². The molecular formula is C20H22N6O. The highest BCUT2D eigenvalue weighted by atomic mass is 16.1. The Labute approximate surface area is 157 Å². The van der Waals surface area contributed by atoms with E-state index in [0.717, 1.165) is 44.6 Å². The number of likely N-dealkylation sites (tertiary alicyclic amines) is 1. The molecule has 0 aliphatic carbocycles. The first-order valence-corrected chi connectivity index (χ1v) is 9.23. The Bertz CT molecular complexity index is 920. The molecule has 4 rings (SSSR count). The number of hydrogen-bond donors (Lipinski definition) is 0. The van der Waals surface area contributed by atoms with E-state index in [9.17, 15) is 4.79 Å². The van der Waals surface area contributed by atoms with Crippen molar-refractivity contribution in [3.05, 3.63) is 71.3 Å². The molecule has 0 radical (unpaired) electrons. The molecule has 0 unspecified atom stereocenters. The zero-order valence-corrected chi connectivity index (χ0v) is 15.1. The van der Waals surface area contributed by atoms with E-state index in [0.29, 0.717) is 11.6 Å². The van der Waals surface area contributed by atoms with Crippen LogP contribution in [0, 0.1) is 5.92 Å². The summed E-state index contributed by atoms with van der Waals surface area (Å²) in [5.74, 6) is 0.501. The third-order valence-electron chi connectivity index (χ3n) is 5.05. The quantitative estimate of drug-likeness (QED) is 0.691. The normalized spacial score (nSPS) is 15.7. The minimum Gasteiger partial charge on any atom is -0.299 e. The van der Waals surface area contributed by atoms with E-state index in [4.69, 9.17) is 0 Å². The highest BCUT2D eigenvalue weighted by molar-refractivity contribution is 5.56. The molecule has 7 nitrogen and oxygen atoms in total. The van der Waals surface area contributed by atoms with E-state index < -0.39 is 0 Å². The van der Waals surface area contributed by atoms with Crippen LogP contribution < -0.4 is 5.56 Å². The summed E-state index contributed by atoms with van der Waals surface area (Å²) in [5.41, 5.74) is 2.72. The fourth-order valence-electron chi connectivity index (χ4n) is 3.51. The SMILES string of the molecule is O=c1cc(-c2cccnc2)ncn1CC1CCN(Cc2ccnnc2)CC1. The van der Waals surface area contributed by atoms with Crippen LogP contribution in [-0.4, -0.2) is 42.7 Å². The van der Waals surface area contributed by atoms with Gasteiger partial charge >= 0.3 is 0 Å². The monoisotopic (exact) mass is 362 g/mol. The second-order valence-electron chi connectivity index (χ2n) is 6.98. The van der Waals surface area contributed by atoms with E-state index in [1.807, 2.05) is 24.4 Å². The van der Waals surface area contributed by atoms with Gasteiger partial charge in [0.05, 0.1) is 18.2 Å². The highest BCUT2D eigenvalue weighted by Crippen LogP contribution is 2.20. The molecule has 0 saturated carbocycles. The summed E-state index contributed by atoms with van der Waals surface area (Å²) >= 11 is 0. The molecule has 7 heteroatoms. The lowest BCUT2D eigenvalue weighted by molar-refractivity contribution is 0.166. The maximum absolute atomic E-state index is 12.5. The second kappa shape index (κ2) is 8.18. The summed E-state index contributed by atoms with van der Waals surface area (Å²) in [6, 6.07) is 7.36. The molecule has 3 aromatic rings. The molecule has 3 aromatic heterocycles. The molecule has 1 saturated heterocycles. The van der Waals surface area contributed by atoms with Gasteiger partial charge in [-0.2, -0.15) is 10.2 Å². The largest absolute Gasteiger partial charge is 0.299 e. The first-order chi connectivity index (χ1) is 13.3. The van der Waals surface area contributed by atoms with Gasteiger partial charge in [-0.25, -0.2) is 4.98 Å². The van der Waals surface area contributed by atoms with E-state index in [-0.39, 0.29) is 5.56 Å². The molecule has 1 aliphatic rings. The summed E-state index contributed by atoms with van der Waals surface area (Å²) < 4.78 is 1.73. The predicted molar refractivity (Wildman–Crippen MR) is 102 cm³/mol. The lowest BCUT2D eigenvalue weighted by Gasteiger charge is -2.32. The summed E-state index contributed by atoms with van der Waals surface area (Å²) in [4.78, 5) is 23.4. The Hall–Kier alpha value is -2.93. The molecule has 4 heterocycles. The Balaban J connectivity index is 1.34. The van der Waals surface area contributed by atoms with Crippen molar-refractivity contribution in [3.8, 4) is 11.3 Å². The molecule has 0 bridgehead atoms. The minimum absolute atomic E-state index is 0.00542. The standard InChI is InChI=1S/C20H22N6O/c27-20-10-19(18-2-1-6-21-12-18)22-15-26(20)14-16-4-8-25(9-5-16)13-17-3-7-23-24-11-17/h1-3,6-7,10-12,15-16H,4-5,8-9,13-14H2. The van der Waals surface area contributed by atoms with Gasteiger partial charge in [-0.3, -0.25) is 19.2 Å². The lowest BCUT2D eigenvalue weighted by Crippen LogP contribution is -2.36. The number of nitrogens with zero attached hydrogens (tertiary/aromatic N) is 6. The molecule has 1 fully saturated rings. The minimum atomic E-state index is -0.00542. The maximum atomic E-state index is 12.5. The number of pyridine rings is 1. The van der Waals surface area contributed by atoms with Crippen LogP contribution in [0.15, 0.2) is 60.2 Å². The Morgan fingerprint density at radius 2 is 1.96 bits per heavy atom. The van der Waals surface area contributed by atoms with Crippen LogP contribution in [-0.2, 0) is 13.1 Å². The molecule has 0 aromatic carbocycles. The average Bonchev–Trinajstić information content (AvgIpc) is 2.72. The molecule has 0 spiro atoms. The predicted octanol–water partition coefficient (Wildman–Crippen LogP) is 2.01.